The first kappa shape index (κ1) is 22.4. The van der Waals surface area contributed by atoms with Gasteiger partial charge in [0.25, 0.3) is 0 Å². The Kier molecular flexibility index (Phi) is 12.4. The number of para-hydroxylation sites is 1. The van der Waals surface area contributed by atoms with Gasteiger partial charge >= 0.3 is 0 Å². The number of carbonyl (C=O) groups excluding carboxylic acids is 1. The molecule has 0 saturated carbocycles. The summed E-state index contributed by atoms with van der Waals surface area (Å²) in [6, 6.07) is 10.7. The number of benzene rings is 1. The Hall–Kier alpha value is -0.620. The van der Waals surface area contributed by atoms with E-state index < -0.39 is 0 Å². The van der Waals surface area contributed by atoms with Crippen LogP contribution in [0, 0.1) is 0 Å². The summed E-state index contributed by atoms with van der Waals surface area (Å²) >= 11 is 1.93. The number of nitrogens with one attached hydrogen (secondary N) is 2. The third kappa shape index (κ3) is 8.70. The Morgan fingerprint density at radius 2 is 2.09 bits per heavy atom. The van der Waals surface area contributed by atoms with E-state index in [1.54, 1.807) is 0 Å². The van der Waals surface area contributed by atoms with Crippen molar-refractivity contribution >= 4 is 48.2 Å². The largest absolute Gasteiger partial charge is 0.375 e. The minimum atomic E-state index is 0. The zero-order chi connectivity index (χ0) is 14.9. The van der Waals surface area contributed by atoms with Gasteiger partial charge in [-0.2, -0.15) is 11.8 Å². The molecule has 7 heteroatoms. The monoisotopic (exact) mass is 379 g/mol. The first-order valence-corrected chi connectivity index (χ1v) is 8.75. The van der Waals surface area contributed by atoms with E-state index in [0.717, 1.165) is 37.6 Å². The van der Waals surface area contributed by atoms with Gasteiger partial charge in [0, 0.05) is 56.3 Å². The molecule has 0 radical (unpaired) electrons. The van der Waals surface area contributed by atoms with E-state index in [9.17, 15) is 4.79 Å². The summed E-state index contributed by atoms with van der Waals surface area (Å²) in [5.41, 5.74) is 1.22. The molecule has 4 nitrogen and oxygen atoms in total. The van der Waals surface area contributed by atoms with E-state index in [2.05, 4.69) is 34.7 Å². The fraction of sp³-hybridized carbons (Fsp3) is 0.562. The third-order valence-corrected chi connectivity index (χ3v) is 4.75. The summed E-state index contributed by atoms with van der Waals surface area (Å²) in [5, 5.41) is 6.41. The molecule has 2 rings (SSSR count). The Morgan fingerprint density at radius 1 is 1.35 bits per heavy atom. The molecule has 0 spiro atoms. The smallest absolute Gasteiger partial charge is 0.221 e. The van der Waals surface area contributed by atoms with Crippen molar-refractivity contribution in [3.63, 3.8) is 0 Å². The second kappa shape index (κ2) is 12.8. The van der Waals surface area contributed by atoms with E-state index in [4.69, 9.17) is 0 Å². The average molecular weight is 380 g/mol. The molecule has 1 aromatic carbocycles. The molecule has 1 aliphatic heterocycles. The molecule has 2 N–H and O–H groups in total. The fourth-order valence-corrected chi connectivity index (χ4v) is 3.35. The van der Waals surface area contributed by atoms with Gasteiger partial charge in [-0.15, -0.1) is 24.8 Å². The van der Waals surface area contributed by atoms with Gasteiger partial charge in [-0.05, 0) is 18.6 Å². The Bertz CT molecular complexity index is 431. The summed E-state index contributed by atoms with van der Waals surface area (Å²) in [5.74, 6) is 2.37. The lowest BCUT2D eigenvalue weighted by molar-refractivity contribution is -0.121. The number of anilines is 1. The second-order valence-electron chi connectivity index (χ2n) is 5.39. The summed E-state index contributed by atoms with van der Waals surface area (Å²) in [6.07, 6.45) is 1.56. The molecule has 1 atom stereocenters. The van der Waals surface area contributed by atoms with Gasteiger partial charge in [0.05, 0.1) is 0 Å². The molecule has 1 aliphatic rings. The van der Waals surface area contributed by atoms with Crippen LogP contribution in [0.25, 0.3) is 0 Å². The number of halogens is 2. The van der Waals surface area contributed by atoms with Crippen molar-refractivity contribution in [2.45, 2.75) is 18.9 Å². The lowest BCUT2D eigenvalue weighted by Gasteiger charge is -2.22. The fourth-order valence-electron chi connectivity index (χ4n) is 2.40. The highest BCUT2D eigenvalue weighted by atomic mass is 35.5. The quantitative estimate of drug-likeness (QED) is 0.714. The van der Waals surface area contributed by atoms with Crippen molar-refractivity contribution in [2.24, 2.45) is 0 Å². The van der Waals surface area contributed by atoms with Crippen molar-refractivity contribution < 1.29 is 4.79 Å². The summed E-state index contributed by atoms with van der Waals surface area (Å²) in [6.45, 7) is 2.71. The Labute approximate surface area is 156 Å². The SMILES string of the molecule is CN(CCCNC(=O)CC1CSCCN1)c1ccccc1.Cl.Cl. The average Bonchev–Trinajstić information content (AvgIpc) is 2.53. The molecule has 1 heterocycles. The van der Waals surface area contributed by atoms with Gasteiger partial charge in [-0.1, -0.05) is 18.2 Å². The molecule has 23 heavy (non-hydrogen) atoms. The van der Waals surface area contributed by atoms with Crippen LogP contribution in [-0.2, 0) is 4.79 Å². The van der Waals surface area contributed by atoms with Crippen LogP contribution >= 0.6 is 36.6 Å². The number of thioether (sulfide) groups is 1. The topological polar surface area (TPSA) is 44.4 Å². The van der Waals surface area contributed by atoms with Crippen LogP contribution in [0.2, 0.25) is 0 Å². The number of rotatable bonds is 7. The minimum absolute atomic E-state index is 0. The lowest BCUT2D eigenvalue weighted by Crippen LogP contribution is -2.41. The molecular weight excluding hydrogens is 353 g/mol. The van der Waals surface area contributed by atoms with Crippen LogP contribution in [0.3, 0.4) is 0 Å². The van der Waals surface area contributed by atoms with Crippen molar-refractivity contribution in [3.8, 4) is 0 Å². The van der Waals surface area contributed by atoms with Crippen molar-refractivity contribution in [3.05, 3.63) is 30.3 Å². The maximum absolute atomic E-state index is 11.9. The molecule has 0 aliphatic carbocycles. The van der Waals surface area contributed by atoms with E-state index in [0.29, 0.717) is 12.5 Å². The van der Waals surface area contributed by atoms with Crippen molar-refractivity contribution in [1.29, 1.82) is 0 Å². The predicted octanol–water partition coefficient (Wildman–Crippen LogP) is 2.57. The zero-order valence-corrected chi connectivity index (χ0v) is 15.9. The molecule has 1 amide bonds. The second-order valence-corrected chi connectivity index (χ2v) is 6.54. The van der Waals surface area contributed by atoms with Crippen LogP contribution in [0.1, 0.15) is 12.8 Å². The van der Waals surface area contributed by atoms with Crippen LogP contribution < -0.4 is 15.5 Å². The summed E-state index contributed by atoms with van der Waals surface area (Å²) in [4.78, 5) is 14.1. The normalized spacial score (nSPS) is 16.7. The van der Waals surface area contributed by atoms with E-state index in [1.165, 1.54) is 5.69 Å². The maximum atomic E-state index is 11.9. The first-order chi connectivity index (χ1) is 10.3. The molecule has 1 saturated heterocycles. The van der Waals surface area contributed by atoms with Gasteiger partial charge in [0.1, 0.15) is 0 Å². The molecule has 1 unspecified atom stereocenters. The number of hydrogen-bond acceptors (Lipinski definition) is 4. The highest BCUT2D eigenvalue weighted by Gasteiger charge is 2.16. The van der Waals surface area contributed by atoms with Gasteiger partial charge in [0.2, 0.25) is 5.91 Å². The maximum Gasteiger partial charge on any atom is 0.221 e. The van der Waals surface area contributed by atoms with Gasteiger partial charge < -0.3 is 15.5 Å². The Balaban J connectivity index is 0.00000242. The predicted molar refractivity (Wildman–Crippen MR) is 106 cm³/mol. The highest BCUT2D eigenvalue weighted by molar-refractivity contribution is 7.99. The first-order valence-electron chi connectivity index (χ1n) is 7.60. The number of hydrogen-bond donors (Lipinski definition) is 2. The minimum Gasteiger partial charge on any atom is -0.375 e. The van der Waals surface area contributed by atoms with E-state index >= 15 is 0 Å². The van der Waals surface area contributed by atoms with Gasteiger partial charge in [-0.25, -0.2) is 0 Å². The van der Waals surface area contributed by atoms with Crippen molar-refractivity contribution in [1.82, 2.24) is 10.6 Å². The van der Waals surface area contributed by atoms with Crippen LogP contribution in [0.5, 0.6) is 0 Å². The number of amides is 1. The standard InChI is InChI=1S/C16H25N3OS.2ClH/c1-19(15-6-3-2-4-7-15)10-5-8-18-16(20)12-14-13-21-11-9-17-14;;/h2-4,6-7,14,17H,5,8-13H2,1H3,(H,18,20);2*1H. The van der Waals surface area contributed by atoms with E-state index in [-0.39, 0.29) is 30.7 Å². The molecule has 1 aromatic rings. The van der Waals surface area contributed by atoms with Crippen molar-refractivity contribution in [2.75, 3.05) is 43.1 Å². The highest BCUT2D eigenvalue weighted by Crippen LogP contribution is 2.11. The van der Waals surface area contributed by atoms with Gasteiger partial charge in [-0.3, -0.25) is 4.79 Å². The number of nitrogens with zero attached hydrogens (tertiary/aromatic N) is 1. The summed E-state index contributed by atoms with van der Waals surface area (Å²) < 4.78 is 0. The van der Waals surface area contributed by atoms with Gasteiger partial charge in [0.15, 0.2) is 0 Å². The lowest BCUT2D eigenvalue weighted by atomic mass is 10.2. The zero-order valence-electron chi connectivity index (χ0n) is 13.5. The van der Waals surface area contributed by atoms with Crippen LogP contribution in [0.4, 0.5) is 5.69 Å². The molecule has 0 bridgehead atoms. The molecule has 0 aromatic heterocycles. The molecule has 132 valence electrons. The third-order valence-electron chi connectivity index (χ3n) is 3.62. The summed E-state index contributed by atoms with van der Waals surface area (Å²) in [7, 11) is 2.08. The van der Waals surface area contributed by atoms with Crippen LogP contribution in [0.15, 0.2) is 30.3 Å². The van der Waals surface area contributed by atoms with Crippen LogP contribution in [-0.4, -0.2) is 50.1 Å². The number of carbonyl (C=O) groups is 1. The molecular formula is C16H27Cl2N3OS. The molecule has 1 fully saturated rings. The Morgan fingerprint density at radius 3 is 2.74 bits per heavy atom. The van der Waals surface area contributed by atoms with E-state index in [1.807, 2.05) is 30.0 Å².